The van der Waals surface area contributed by atoms with Crippen LogP contribution in [-0.4, -0.2) is 35.6 Å². The van der Waals surface area contributed by atoms with Gasteiger partial charge in [0.1, 0.15) is 5.83 Å². The Morgan fingerprint density at radius 2 is 2.00 bits per heavy atom. The first-order valence-corrected chi connectivity index (χ1v) is 10.7. The first kappa shape index (κ1) is 20.2. The summed E-state index contributed by atoms with van der Waals surface area (Å²) in [6.45, 7) is 4.00. The average molecular weight is 395 g/mol. The maximum Gasteiger partial charge on any atom is 0.114 e. The Morgan fingerprint density at radius 1 is 1.21 bits per heavy atom. The van der Waals surface area contributed by atoms with Crippen molar-refractivity contribution in [3.05, 3.63) is 76.4 Å². The lowest BCUT2D eigenvalue weighted by atomic mass is 9.89. The molecule has 0 bridgehead atoms. The summed E-state index contributed by atoms with van der Waals surface area (Å²) in [6, 6.07) is 13.2. The number of fused-ring (bicyclic) bond motifs is 2. The van der Waals surface area contributed by atoms with Gasteiger partial charge in [-0.05, 0) is 60.9 Å². The summed E-state index contributed by atoms with van der Waals surface area (Å²) in [5.74, 6) is -0.105. The topological polar surface area (TPSA) is 54.2 Å². The van der Waals surface area contributed by atoms with Crippen LogP contribution in [0.4, 0.5) is 4.39 Å². The van der Waals surface area contributed by atoms with Gasteiger partial charge in [0, 0.05) is 31.9 Å². The summed E-state index contributed by atoms with van der Waals surface area (Å²) in [4.78, 5) is 6.98. The molecule has 29 heavy (non-hydrogen) atoms. The number of benzene rings is 1. The molecule has 2 atom stereocenters. The summed E-state index contributed by atoms with van der Waals surface area (Å²) in [7, 11) is 0. The van der Waals surface area contributed by atoms with Crippen molar-refractivity contribution in [1.82, 2.24) is 15.2 Å². The fraction of sp³-hybridized carbons (Fsp3) is 0.458. The lowest BCUT2D eigenvalue weighted by Crippen LogP contribution is -2.47. The Bertz CT molecular complexity index is 879. The molecule has 0 spiro atoms. The highest BCUT2D eigenvalue weighted by molar-refractivity contribution is 5.30. The van der Waals surface area contributed by atoms with Crippen LogP contribution in [0, 0.1) is 0 Å². The van der Waals surface area contributed by atoms with Gasteiger partial charge in [0.2, 0.25) is 0 Å². The van der Waals surface area contributed by atoms with E-state index < -0.39 is 0 Å². The molecular formula is C24H31FN4. The molecule has 1 unspecified atom stereocenters. The number of aryl methyl sites for hydroxylation is 1. The number of hydrogen-bond donors (Lipinski definition) is 2. The summed E-state index contributed by atoms with van der Waals surface area (Å²) >= 11 is 0. The lowest BCUT2D eigenvalue weighted by molar-refractivity contribution is 0.157. The number of halogens is 1. The molecular weight excluding hydrogens is 363 g/mol. The molecule has 1 aromatic carbocycles. The fourth-order valence-corrected chi connectivity index (χ4v) is 4.60. The van der Waals surface area contributed by atoms with Crippen molar-refractivity contribution in [2.75, 3.05) is 19.6 Å². The number of hydrogen-bond acceptors (Lipinski definition) is 4. The third kappa shape index (κ3) is 4.58. The van der Waals surface area contributed by atoms with Gasteiger partial charge in [-0.3, -0.25) is 9.88 Å². The van der Waals surface area contributed by atoms with Gasteiger partial charge in [0.25, 0.3) is 0 Å². The molecule has 2 heterocycles. The number of rotatable bonds is 6. The number of nitrogens with two attached hydrogens (primary N) is 1. The van der Waals surface area contributed by atoms with Crippen molar-refractivity contribution in [1.29, 1.82) is 0 Å². The first-order chi connectivity index (χ1) is 14.2. The van der Waals surface area contributed by atoms with Gasteiger partial charge in [-0.15, -0.1) is 0 Å². The minimum absolute atomic E-state index is 0.105. The summed E-state index contributed by atoms with van der Waals surface area (Å²) in [5.41, 5.74) is 11.5. The highest BCUT2D eigenvalue weighted by atomic mass is 19.1. The predicted octanol–water partition coefficient (Wildman–Crippen LogP) is 3.68. The molecule has 0 saturated carbocycles. The molecule has 4 nitrogen and oxygen atoms in total. The van der Waals surface area contributed by atoms with Gasteiger partial charge < -0.3 is 11.1 Å². The zero-order chi connectivity index (χ0) is 20.2. The number of aromatic nitrogens is 1. The smallest absolute Gasteiger partial charge is 0.114 e. The molecule has 1 aliphatic heterocycles. The van der Waals surface area contributed by atoms with E-state index >= 15 is 0 Å². The standard InChI is InChI=1S/C24H31FN4/c1-17(13-26)22(25)16-29(23-10-4-8-18-9-5-11-27-24(18)23)15-21-12-19-6-2-3-7-20(19)14-28-21/h2-3,5-7,9,11,21,23,28H,4,8,10,12-16,26H2,1H3/b22-17+/t21?,23-/m0/s1. The van der Waals surface area contributed by atoms with Crippen LogP contribution in [0.5, 0.6) is 0 Å². The molecule has 0 radical (unpaired) electrons. The molecule has 0 amide bonds. The maximum absolute atomic E-state index is 14.9. The van der Waals surface area contributed by atoms with E-state index in [1.54, 1.807) is 6.92 Å². The van der Waals surface area contributed by atoms with E-state index in [4.69, 9.17) is 10.7 Å². The SMILES string of the molecule is C/C(CN)=C(\F)CN(CC1Cc2ccccc2CN1)[C@H]1CCCc2cccnc21. The van der Waals surface area contributed by atoms with E-state index in [1.165, 1.54) is 16.7 Å². The maximum atomic E-state index is 14.9. The van der Waals surface area contributed by atoms with Crippen LogP contribution in [0.15, 0.2) is 54.0 Å². The van der Waals surface area contributed by atoms with Crippen molar-refractivity contribution < 1.29 is 4.39 Å². The zero-order valence-corrected chi connectivity index (χ0v) is 17.2. The van der Waals surface area contributed by atoms with E-state index in [0.29, 0.717) is 18.2 Å². The molecule has 0 saturated heterocycles. The highest BCUT2D eigenvalue weighted by Crippen LogP contribution is 2.34. The van der Waals surface area contributed by atoms with E-state index in [1.807, 2.05) is 12.3 Å². The first-order valence-electron chi connectivity index (χ1n) is 10.7. The second-order valence-corrected chi connectivity index (χ2v) is 8.33. The number of nitrogens with zero attached hydrogens (tertiary/aromatic N) is 2. The Labute approximate surface area is 173 Å². The molecule has 4 rings (SSSR count). The molecule has 2 aromatic rings. The van der Waals surface area contributed by atoms with Gasteiger partial charge in [-0.1, -0.05) is 30.3 Å². The third-order valence-electron chi connectivity index (χ3n) is 6.34. The molecule has 2 aliphatic rings. The van der Waals surface area contributed by atoms with Crippen LogP contribution in [0.3, 0.4) is 0 Å². The summed E-state index contributed by atoms with van der Waals surface area (Å²) in [5, 5.41) is 3.66. The molecule has 5 heteroatoms. The zero-order valence-electron chi connectivity index (χ0n) is 17.2. The molecule has 0 fully saturated rings. The van der Waals surface area contributed by atoms with Crippen molar-refractivity contribution in [2.24, 2.45) is 5.73 Å². The minimum atomic E-state index is -0.105. The van der Waals surface area contributed by atoms with Crippen LogP contribution >= 0.6 is 0 Å². The van der Waals surface area contributed by atoms with Gasteiger partial charge in [-0.25, -0.2) is 4.39 Å². The Hall–Kier alpha value is -2.08. The molecule has 1 aromatic heterocycles. The van der Waals surface area contributed by atoms with E-state index in [0.717, 1.165) is 44.5 Å². The number of nitrogens with one attached hydrogen (secondary N) is 1. The van der Waals surface area contributed by atoms with E-state index in [-0.39, 0.29) is 18.4 Å². The predicted molar refractivity (Wildman–Crippen MR) is 115 cm³/mol. The van der Waals surface area contributed by atoms with Crippen LogP contribution in [-0.2, 0) is 19.4 Å². The summed E-state index contributed by atoms with van der Waals surface area (Å²) in [6.07, 6.45) is 6.02. The molecule has 1 aliphatic carbocycles. The largest absolute Gasteiger partial charge is 0.327 e. The Morgan fingerprint density at radius 3 is 2.83 bits per heavy atom. The molecule has 154 valence electrons. The Balaban J connectivity index is 1.58. The van der Waals surface area contributed by atoms with Crippen LogP contribution in [0.25, 0.3) is 0 Å². The van der Waals surface area contributed by atoms with Gasteiger partial charge in [0.05, 0.1) is 18.3 Å². The fourth-order valence-electron chi connectivity index (χ4n) is 4.60. The second-order valence-electron chi connectivity index (χ2n) is 8.33. The van der Waals surface area contributed by atoms with Crippen molar-refractivity contribution in [3.8, 4) is 0 Å². The Kier molecular flexibility index (Phi) is 6.38. The molecule has 3 N–H and O–H groups in total. The monoisotopic (exact) mass is 394 g/mol. The second kappa shape index (κ2) is 9.16. The van der Waals surface area contributed by atoms with Gasteiger partial charge in [-0.2, -0.15) is 0 Å². The van der Waals surface area contributed by atoms with Gasteiger partial charge >= 0.3 is 0 Å². The van der Waals surface area contributed by atoms with Crippen LogP contribution in [0.1, 0.15) is 48.2 Å². The van der Waals surface area contributed by atoms with Gasteiger partial charge in [0.15, 0.2) is 0 Å². The highest BCUT2D eigenvalue weighted by Gasteiger charge is 2.30. The third-order valence-corrected chi connectivity index (χ3v) is 6.34. The van der Waals surface area contributed by atoms with Crippen molar-refractivity contribution in [3.63, 3.8) is 0 Å². The van der Waals surface area contributed by atoms with Crippen molar-refractivity contribution >= 4 is 0 Å². The quantitative estimate of drug-likeness (QED) is 0.785. The summed E-state index contributed by atoms with van der Waals surface area (Å²) < 4.78 is 14.9. The number of pyridine rings is 1. The average Bonchev–Trinajstić information content (AvgIpc) is 2.77. The van der Waals surface area contributed by atoms with E-state index in [2.05, 4.69) is 40.5 Å². The van der Waals surface area contributed by atoms with Crippen LogP contribution in [0.2, 0.25) is 0 Å². The van der Waals surface area contributed by atoms with E-state index in [9.17, 15) is 4.39 Å². The van der Waals surface area contributed by atoms with Crippen LogP contribution < -0.4 is 11.1 Å². The van der Waals surface area contributed by atoms with Crippen molar-refractivity contribution in [2.45, 2.75) is 51.2 Å². The lowest BCUT2D eigenvalue weighted by Gasteiger charge is -2.38. The normalized spacial score (nSPS) is 22.1. The minimum Gasteiger partial charge on any atom is -0.327 e.